The zero-order valence-corrected chi connectivity index (χ0v) is 12.6. The van der Waals surface area contributed by atoms with Crippen LogP contribution in [0.3, 0.4) is 0 Å². The Hall–Kier alpha value is -3.11. The zero-order chi connectivity index (χ0) is 16.7. The van der Waals surface area contributed by atoms with Crippen molar-refractivity contribution < 1.29 is 9.90 Å². The predicted octanol–water partition coefficient (Wildman–Crippen LogP) is 3.82. The van der Waals surface area contributed by atoms with Crippen LogP contribution in [-0.4, -0.2) is 11.1 Å². The van der Waals surface area contributed by atoms with Crippen molar-refractivity contribution in [3.8, 4) is 12.1 Å². The van der Waals surface area contributed by atoms with Gasteiger partial charge in [0.25, 0.3) is 0 Å². The monoisotopic (exact) mass is 304 g/mol. The van der Waals surface area contributed by atoms with Gasteiger partial charge >= 0.3 is 5.97 Å². The van der Waals surface area contributed by atoms with Crippen molar-refractivity contribution in [2.75, 3.05) is 0 Å². The van der Waals surface area contributed by atoms with Crippen LogP contribution in [0.1, 0.15) is 47.4 Å². The maximum Gasteiger partial charge on any atom is 0.303 e. The van der Waals surface area contributed by atoms with Crippen LogP contribution in [0.5, 0.6) is 0 Å². The Morgan fingerprint density at radius 1 is 1.00 bits per heavy atom. The number of carboxylic acid groups (broad SMARTS) is 1. The van der Waals surface area contributed by atoms with Crippen molar-refractivity contribution in [2.24, 2.45) is 0 Å². The third kappa shape index (κ3) is 4.43. The average molecular weight is 304 g/mol. The van der Waals surface area contributed by atoms with E-state index in [2.05, 4.69) is 12.1 Å². The summed E-state index contributed by atoms with van der Waals surface area (Å²) < 4.78 is 0. The molecule has 0 aliphatic heterocycles. The van der Waals surface area contributed by atoms with Crippen LogP contribution in [0.4, 0.5) is 0 Å². The van der Waals surface area contributed by atoms with E-state index in [1.807, 2.05) is 30.3 Å². The van der Waals surface area contributed by atoms with Crippen molar-refractivity contribution in [1.29, 1.82) is 10.5 Å². The highest BCUT2D eigenvalue weighted by atomic mass is 16.4. The largest absolute Gasteiger partial charge is 0.481 e. The summed E-state index contributed by atoms with van der Waals surface area (Å²) in [6, 6.07) is 18.9. The summed E-state index contributed by atoms with van der Waals surface area (Å²) in [6.07, 6.45) is 1.34. The van der Waals surface area contributed by atoms with Gasteiger partial charge in [0.15, 0.2) is 0 Å². The zero-order valence-electron chi connectivity index (χ0n) is 12.6. The van der Waals surface area contributed by atoms with Gasteiger partial charge in [0.05, 0.1) is 23.3 Å². The van der Waals surface area contributed by atoms with Crippen LogP contribution in [0.15, 0.2) is 48.5 Å². The summed E-state index contributed by atoms with van der Waals surface area (Å²) >= 11 is 0. The van der Waals surface area contributed by atoms with Crippen molar-refractivity contribution in [3.05, 3.63) is 70.8 Å². The Balaban J connectivity index is 2.31. The Kier molecular flexibility index (Phi) is 5.50. The second kappa shape index (κ2) is 7.77. The summed E-state index contributed by atoms with van der Waals surface area (Å²) in [5.41, 5.74) is 3.17. The van der Waals surface area contributed by atoms with Crippen molar-refractivity contribution in [3.63, 3.8) is 0 Å². The standard InChI is InChI=1S/C19H16N2O2/c20-12-14-7-9-16(10-8-14)18(5-2-6-19(22)23)17-4-1-3-15(11-17)13-21/h1,3-4,7-11,18H,2,5-6H2,(H,22,23). The fraction of sp³-hybridized carbons (Fsp3) is 0.211. The third-order valence-electron chi connectivity index (χ3n) is 3.74. The molecule has 0 saturated carbocycles. The summed E-state index contributed by atoms with van der Waals surface area (Å²) in [6.45, 7) is 0. The first-order valence-electron chi connectivity index (χ1n) is 7.36. The van der Waals surface area contributed by atoms with Gasteiger partial charge in [-0.15, -0.1) is 0 Å². The number of nitrogens with zero attached hydrogens (tertiary/aromatic N) is 2. The smallest absolute Gasteiger partial charge is 0.303 e. The molecule has 0 radical (unpaired) electrons. The van der Waals surface area contributed by atoms with Crippen LogP contribution < -0.4 is 0 Å². The molecule has 1 N–H and O–H groups in total. The number of rotatable bonds is 6. The first-order valence-corrected chi connectivity index (χ1v) is 7.36. The highest BCUT2D eigenvalue weighted by Crippen LogP contribution is 2.30. The van der Waals surface area contributed by atoms with Crippen molar-refractivity contribution in [2.45, 2.75) is 25.2 Å². The van der Waals surface area contributed by atoms with Crippen molar-refractivity contribution in [1.82, 2.24) is 0 Å². The van der Waals surface area contributed by atoms with E-state index in [1.54, 1.807) is 18.2 Å². The fourth-order valence-corrected chi connectivity index (χ4v) is 2.60. The lowest BCUT2D eigenvalue weighted by atomic mass is 9.86. The summed E-state index contributed by atoms with van der Waals surface area (Å²) in [7, 11) is 0. The molecule has 0 saturated heterocycles. The number of carboxylic acids is 1. The quantitative estimate of drug-likeness (QED) is 0.879. The molecule has 0 fully saturated rings. The van der Waals surface area contributed by atoms with Gasteiger partial charge in [-0.3, -0.25) is 4.79 Å². The predicted molar refractivity (Wildman–Crippen MR) is 85.6 cm³/mol. The lowest BCUT2D eigenvalue weighted by molar-refractivity contribution is -0.137. The van der Waals surface area contributed by atoms with E-state index in [4.69, 9.17) is 15.6 Å². The first-order chi connectivity index (χ1) is 11.1. The summed E-state index contributed by atoms with van der Waals surface area (Å²) in [5.74, 6) is -0.801. The molecule has 1 unspecified atom stereocenters. The summed E-state index contributed by atoms with van der Waals surface area (Å²) in [4.78, 5) is 10.8. The number of carbonyl (C=O) groups is 1. The maximum atomic E-state index is 10.8. The van der Waals surface area contributed by atoms with Crippen LogP contribution in [0.25, 0.3) is 0 Å². The van der Waals surface area contributed by atoms with Crippen LogP contribution >= 0.6 is 0 Å². The van der Waals surface area contributed by atoms with Gasteiger partial charge in [0, 0.05) is 12.3 Å². The molecule has 23 heavy (non-hydrogen) atoms. The molecule has 1 atom stereocenters. The lowest BCUT2D eigenvalue weighted by Gasteiger charge is -2.18. The van der Waals surface area contributed by atoms with Gasteiger partial charge in [-0.2, -0.15) is 10.5 Å². The minimum Gasteiger partial charge on any atom is -0.481 e. The molecule has 2 rings (SSSR count). The van der Waals surface area contributed by atoms with Gasteiger partial charge in [-0.1, -0.05) is 24.3 Å². The van der Waals surface area contributed by atoms with Gasteiger partial charge in [-0.05, 0) is 48.2 Å². The number of nitriles is 2. The fourth-order valence-electron chi connectivity index (χ4n) is 2.60. The molecular formula is C19H16N2O2. The number of benzene rings is 2. The number of hydrogen-bond acceptors (Lipinski definition) is 3. The second-order valence-corrected chi connectivity index (χ2v) is 5.31. The number of hydrogen-bond donors (Lipinski definition) is 1. The van der Waals surface area contributed by atoms with E-state index in [-0.39, 0.29) is 12.3 Å². The molecule has 4 heteroatoms. The van der Waals surface area contributed by atoms with Crippen LogP contribution in [0.2, 0.25) is 0 Å². The third-order valence-corrected chi connectivity index (χ3v) is 3.74. The molecule has 0 aliphatic rings. The van der Waals surface area contributed by atoms with Crippen molar-refractivity contribution >= 4 is 5.97 Å². The van der Waals surface area contributed by atoms with E-state index in [9.17, 15) is 4.79 Å². The summed E-state index contributed by atoms with van der Waals surface area (Å²) in [5, 5.41) is 26.8. The molecular weight excluding hydrogens is 288 g/mol. The topological polar surface area (TPSA) is 84.9 Å². The molecule has 0 bridgehead atoms. The van der Waals surface area contributed by atoms with Gasteiger partial charge in [0.1, 0.15) is 0 Å². The molecule has 0 aliphatic carbocycles. The Bertz CT molecular complexity index is 767. The van der Waals surface area contributed by atoms with E-state index in [0.29, 0.717) is 24.0 Å². The van der Waals surface area contributed by atoms with Gasteiger partial charge in [0.2, 0.25) is 0 Å². The van der Waals surface area contributed by atoms with E-state index >= 15 is 0 Å². The van der Waals surface area contributed by atoms with E-state index in [1.165, 1.54) is 0 Å². The molecule has 114 valence electrons. The highest BCUT2D eigenvalue weighted by Gasteiger charge is 2.15. The van der Waals surface area contributed by atoms with Gasteiger partial charge < -0.3 is 5.11 Å². The average Bonchev–Trinajstić information content (AvgIpc) is 2.59. The van der Waals surface area contributed by atoms with Crippen LogP contribution in [0, 0.1) is 22.7 Å². The second-order valence-electron chi connectivity index (χ2n) is 5.31. The molecule has 0 spiro atoms. The minimum atomic E-state index is -0.811. The Labute approximate surface area is 135 Å². The number of aliphatic carboxylic acids is 1. The van der Waals surface area contributed by atoms with Gasteiger partial charge in [-0.25, -0.2) is 0 Å². The molecule has 0 aromatic heterocycles. The molecule has 2 aromatic carbocycles. The lowest BCUT2D eigenvalue weighted by Crippen LogP contribution is -2.04. The molecule has 4 nitrogen and oxygen atoms in total. The molecule has 0 heterocycles. The van der Waals surface area contributed by atoms with E-state index in [0.717, 1.165) is 11.1 Å². The molecule has 0 amide bonds. The maximum absolute atomic E-state index is 10.8. The Morgan fingerprint density at radius 2 is 1.70 bits per heavy atom. The highest BCUT2D eigenvalue weighted by molar-refractivity contribution is 5.66. The first kappa shape index (κ1) is 16.3. The SMILES string of the molecule is N#Cc1ccc(C(CCCC(=O)O)c2cccc(C#N)c2)cc1. The molecule has 2 aromatic rings. The minimum absolute atomic E-state index is 0.00962. The van der Waals surface area contributed by atoms with E-state index < -0.39 is 5.97 Å². The Morgan fingerprint density at radius 3 is 2.30 bits per heavy atom. The van der Waals surface area contributed by atoms with Crippen LogP contribution in [-0.2, 0) is 4.79 Å². The normalized spacial score (nSPS) is 11.2.